The average molecular weight is 1080 g/mol. The highest BCUT2D eigenvalue weighted by molar-refractivity contribution is 6.15. The normalized spacial score (nSPS) is 18.4. The largest absolute Gasteiger partial charge is 0.493 e. The van der Waals surface area contributed by atoms with Gasteiger partial charge in [-0.1, -0.05) is 24.3 Å². The van der Waals surface area contributed by atoms with Gasteiger partial charge in [0.05, 0.1) is 48.8 Å². The number of nitrogens with zero attached hydrogens (tertiary/aromatic N) is 4. The summed E-state index contributed by atoms with van der Waals surface area (Å²) in [6.45, 7) is 3.45. The molecular weight excluding hydrogens is 1020 g/mol. The number of nitrogens with one attached hydrogen (secondary N) is 4. The summed E-state index contributed by atoms with van der Waals surface area (Å²) in [5.74, 6) is -2.60. The Hall–Kier alpha value is -9.01. The molecule has 0 spiro atoms. The first-order valence-electron chi connectivity index (χ1n) is 26.4. The van der Waals surface area contributed by atoms with Crippen LogP contribution in [0.15, 0.2) is 95.1 Å². The highest BCUT2D eigenvalue weighted by Gasteiger charge is 2.40. The number of ether oxygens (including phenoxy) is 4. The monoisotopic (exact) mass is 1080 g/mol. The lowest BCUT2D eigenvalue weighted by Gasteiger charge is -2.24. The zero-order valence-electron chi connectivity index (χ0n) is 44.2. The Morgan fingerprint density at radius 2 is 1.41 bits per heavy atom. The number of hydrogen-bond donors (Lipinski definition) is 4. The number of unbranched alkanes of at least 4 members (excludes halogenated alkanes) is 1. The van der Waals surface area contributed by atoms with Crippen LogP contribution in [0.1, 0.15) is 109 Å². The van der Waals surface area contributed by atoms with Crippen LogP contribution in [0, 0.1) is 0 Å². The van der Waals surface area contributed by atoms with Crippen molar-refractivity contribution in [2.24, 2.45) is 4.99 Å². The first kappa shape index (κ1) is 53.4. The Kier molecular flexibility index (Phi) is 15.5. The minimum absolute atomic E-state index is 0.0214. The number of carbonyl (C=O) groups is 8. The first-order valence-corrected chi connectivity index (χ1v) is 26.4. The maximum absolute atomic E-state index is 14.2. The molecule has 5 aliphatic heterocycles. The van der Waals surface area contributed by atoms with Crippen molar-refractivity contribution < 1.29 is 62.1 Å². The highest BCUT2D eigenvalue weighted by atomic mass is 16.7. The maximum Gasteiger partial charge on any atom is 0.333 e. The van der Waals surface area contributed by atoms with Crippen LogP contribution in [0.2, 0.25) is 0 Å². The van der Waals surface area contributed by atoms with Crippen LogP contribution in [-0.4, -0.2) is 108 Å². The molecule has 7 amide bonds. The number of carbonyl (C=O) groups excluding carboxylic acids is 8. The number of hydrogen-bond acceptors (Lipinski definition) is 15. The number of allylic oxidation sites excluding steroid dienone is 2. The number of hydroxylamine groups is 2. The fraction of sp³-hybridized carbons (Fsp3) is 0.362. The number of anilines is 3. The van der Waals surface area contributed by atoms with Gasteiger partial charge in [-0.05, 0) is 111 Å². The summed E-state index contributed by atoms with van der Waals surface area (Å²) in [5.41, 5.74) is 7.53. The van der Waals surface area contributed by atoms with Gasteiger partial charge in [-0.25, -0.2) is 4.79 Å². The maximum atomic E-state index is 14.2. The van der Waals surface area contributed by atoms with E-state index in [1.165, 1.54) is 33.6 Å². The van der Waals surface area contributed by atoms with Crippen molar-refractivity contribution in [3.05, 3.63) is 118 Å². The molecule has 4 aromatic carbocycles. The summed E-state index contributed by atoms with van der Waals surface area (Å²) in [5, 5.41) is 12.1. The quantitative estimate of drug-likeness (QED) is 0.0577. The molecule has 1 fully saturated rings. The Labute approximate surface area is 455 Å². The van der Waals surface area contributed by atoms with Gasteiger partial charge in [-0.3, -0.25) is 43.5 Å². The number of para-hydroxylation sites is 1. The minimum atomic E-state index is -1.07. The fourth-order valence-electron chi connectivity index (χ4n) is 10.6. The van der Waals surface area contributed by atoms with Crippen LogP contribution in [-0.2, 0) is 53.2 Å². The van der Waals surface area contributed by atoms with Crippen molar-refractivity contribution in [2.75, 3.05) is 36.3 Å². The van der Waals surface area contributed by atoms with Gasteiger partial charge in [0.1, 0.15) is 25.3 Å². The highest BCUT2D eigenvalue weighted by Crippen LogP contribution is 2.44. The molecule has 4 N–H and O–H groups in total. The molecule has 5 heterocycles. The van der Waals surface area contributed by atoms with Gasteiger partial charge < -0.3 is 50.0 Å². The van der Waals surface area contributed by atoms with Crippen LogP contribution in [0.25, 0.3) is 0 Å². The minimum Gasteiger partial charge on any atom is -0.493 e. The summed E-state index contributed by atoms with van der Waals surface area (Å²) < 4.78 is 24.4. The molecule has 10 rings (SSSR count). The van der Waals surface area contributed by atoms with Gasteiger partial charge in [0, 0.05) is 74.1 Å². The third-order valence-electron chi connectivity index (χ3n) is 14.6. The number of fused-ring (bicyclic) bond motifs is 7. The lowest BCUT2D eigenvalue weighted by molar-refractivity contribution is -0.197. The number of rotatable bonds is 19. The van der Waals surface area contributed by atoms with Gasteiger partial charge in [-0.2, -0.15) is 0 Å². The average Bonchev–Trinajstić information content (AvgIpc) is 4.29. The predicted octanol–water partition coefficient (Wildman–Crippen LogP) is 6.51. The number of amides is 7. The Morgan fingerprint density at radius 1 is 0.734 bits per heavy atom. The second-order valence-corrected chi connectivity index (χ2v) is 20.1. The van der Waals surface area contributed by atoms with Gasteiger partial charge in [0.25, 0.3) is 23.6 Å². The molecule has 1 saturated heterocycles. The second kappa shape index (κ2) is 22.9. The van der Waals surface area contributed by atoms with Gasteiger partial charge in [0.15, 0.2) is 23.0 Å². The summed E-state index contributed by atoms with van der Waals surface area (Å²) >= 11 is 0. The van der Waals surface area contributed by atoms with E-state index in [4.69, 9.17) is 28.8 Å². The second-order valence-electron chi connectivity index (χ2n) is 20.1. The topological polar surface area (TPSA) is 253 Å². The Balaban J connectivity index is 0.824. The lowest BCUT2D eigenvalue weighted by Crippen LogP contribution is -2.50. The molecule has 0 aromatic heterocycles. The first-order chi connectivity index (χ1) is 38.2. The summed E-state index contributed by atoms with van der Waals surface area (Å²) in [6.07, 6.45) is 9.54. The van der Waals surface area contributed by atoms with E-state index >= 15 is 0 Å². The van der Waals surface area contributed by atoms with Crippen molar-refractivity contribution in [1.29, 1.82) is 0 Å². The molecule has 410 valence electrons. The van der Waals surface area contributed by atoms with Gasteiger partial charge >= 0.3 is 5.97 Å². The molecule has 0 unspecified atom stereocenters. The Morgan fingerprint density at radius 3 is 2.14 bits per heavy atom. The molecule has 21 nitrogen and oxygen atoms in total. The summed E-state index contributed by atoms with van der Waals surface area (Å²) in [4.78, 5) is 117. The molecular formula is C58H60N8O13. The SMILES string of the molecule is COc1cc2c(cc1OCc1cc(COc3cc4c(cc3OC)C(=O)N3C5=C(CCC=C5)C[C@H]3CN4)cc(NC(=O)[C@@H](C)NC(=O)[C@H](C)NC(=O)CCCCC(=O)ON3C(=O)CCC3=O)c1)N=C[C@H]1Cc3ccccc3N1C2=O. The van der Waals surface area contributed by atoms with Crippen LogP contribution in [0.4, 0.5) is 22.7 Å². The van der Waals surface area contributed by atoms with Crippen molar-refractivity contribution in [3.8, 4) is 23.0 Å². The third-order valence-corrected chi connectivity index (χ3v) is 14.6. The molecule has 21 heteroatoms. The van der Waals surface area contributed by atoms with E-state index in [9.17, 15) is 38.4 Å². The van der Waals surface area contributed by atoms with Crippen molar-refractivity contribution >= 4 is 76.3 Å². The van der Waals surface area contributed by atoms with E-state index in [0.717, 1.165) is 36.2 Å². The van der Waals surface area contributed by atoms with Crippen molar-refractivity contribution in [1.82, 2.24) is 20.6 Å². The van der Waals surface area contributed by atoms with Crippen LogP contribution < -0.4 is 45.1 Å². The molecule has 4 atom stereocenters. The molecule has 6 aliphatic rings. The van der Waals surface area contributed by atoms with E-state index in [0.29, 0.717) is 80.3 Å². The number of aliphatic imine (C=N–C) groups is 1. The standard InChI is InChI=1S/C58H60N8O13/c1-32(61-51(67)15-9-10-16-54(70)79-66-52(68)17-18-53(66)69)55(71)62-33(2)56(72)63-38-20-34(30-77-49-26-43-41(24-47(49)75-3)57(73)64-39(28-59-43)22-36-11-5-7-13-45(36)64)19-35(21-38)31-78-50-27-44-42(25-48(50)76-4)58(74)65-40(29-60-44)23-37-12-6-8-14-46(37)65/h5,7-8,11,13-14,19-21,24-28,32-33,39-40,60H,6,9-10,12,15-18,22-23,29-31H2,1-4H3,(H,61,67)(H,62,71)(H,63,72)/t32-,33+,39+,40-/m0/s1. The zero-order chi connectivity index (χ0) is 55.5. The smallest absolute Gasteiger partial charge is 0.333 e. The zero-order valence-corrected chi connectivity index (χ0v) is 44.2. The number of methoxy groups -OCH3 is 2. The van der Waals surface area contributed by atoms with E-state index < -0.39 is 47.6 Å². The predicted molar refractivity (Wildman–Crippen MR) is 288 cm³/mol. The molecule has 1 aliphatic carbocycles. The number of benzene rings is 4. The molecule has 79 heavy (non-hydrogen) atoms. The van der Waals surface area contributed by atoms with Gasteiger partial charge in [-0.15, -0.1) is 5.06 Å². The molecule has 0 radical (unpaired) electrons. The van der Waals surface area contributed by atoms with Gasteiger partial charge in [0.2, 0.25) is 17.7 Å². The molecule has 0 bridgehead atoms. The molecule has 4 aromatic rings. The van der Waals surface area contributed by atoms with Crippen molar-refractivity contribution in [2.45, 2.75) is 115 Å². The number of imide groups is 1. The van der Waals surface area contributed by atoms with Crippen molar-refractivity contribution in [3.63, 3.8) is 0 Å². The van der Waals surface area contributed by atoms with E-state index in [2.05, 4.69) is 27.3 Å². The van der Waals surface area contributed by atoms with Crippen LogP contribution in [0.3, 0.4) is 0 Å². The summed E-state index contributed by atoms with van der Waals surface area (Å²) in [6, 6.07) is 17.4. The fourth-order valence-corrected chi connectivity index (χ4v) is 10.6. The van der Waals surface area contributed by atoms with E-state index in [1.54, 1.807) is 47.5 Å². The molecule has 0 saturated carbocycles. The lowest BCUT2D eigenvalue weighted by atomic mass is 10.0. The van der Waals surface area contributed by atoms with Crippen LogP contribution >= 0.6 is 0 Å². The summed E-state index contributed by atoms with van der Waals surface area (Å²) in [7, 11) is 2.99. The van der Waals surface area contributed by atoms with E-state index in [1.807, 2.05) is 41.3 Å². The van der Waals surface area contributed by atoms with E-state index in [-0.39, 0.29) is 75.6 Å². The van der Waals surface area contributed by atoms with Crippen LogP contribution in [0.5, 0.6) is 23.0 Å². The Bertz CT molecular complexity index is 3260. The third kappa shape index (κ3) is 11.4.